The molecule has 0 spiro atoms. The van der Waals surface area contributed by atoms with E-state index in [1.807, 2.05) is 16.8 Å². The highest BCUT2D eigenvalue weighted by molar-refractivity contribution is 7.08. The van der Waals surface area contributed by atoms with Crippen molar-refractivity contribution in [3.63, 3.8) is 0 Å². The van der Waals surface area contributed by atoms with Gasteiger partial charge in [-0.2, -0.15) is 11.3 Å². The van der Waals surface area contributed by atoms with Gasteiger partial charge < -0.3 is 9.84 Å². The van der Waals surface area contributed by atoms with E-state index in [-0.39, 0.29) is 6.10 Å². The number of carbonyl (C=O) groups is 1. The standard InChI is InChI=1S/C7H6O3S/c8-7(9)6-5(10-6)4-1-2-11-3-4/h1-3,5-6H,(H,8,9)/t5-,6+/m0/s1. The van der Waals surface area contributed by atoms with Crippen molar-refractivity contribution < 1.29 is 14.6 Å². The minimum atomic E-state index is -0.874. The summed E-state index contributed by atoms with van der Waals surface area (Å²) >= 11 is 1.55. The Balaban J connectivity index is 2.08. The molecular formula is C7H6O3S. The zero-order chi connectivity index (χ0) is 7.84. The van der Waals surface area contributed by atoms with E-state index in [9.17, 15) is 4.79 Å². The number of carboxylic acid groups (broad SMARTS) is 1. The molecule has 58 valence electrons. The first-order valence-electron chi connectivity index (χ1n) is 3.19. The Hall–Kier alpha value is -0.870. The lowest BCUT2D eigenvalue weighted by Crippen LogP contribution is -2.04. The summed E-state index contributed by atoms with van der Waals surface area (Å²) in [4.78, 5) is 10.3. The topological polar surface area (TPSA) is 49.8 Å². The molecule has 0 radical (unpaired) electrons. The number of thiophene rings is 1. The van der Waals surface area contributed by atoms with Gasteiger partial charge in [-0.25, -0.2) is 4.79 Å². The first kappa shape index (κ1) is 6.82. The van der Waals surface area contributed by atoms with Crippen molar-refractivity contribution in [3.8, 4) is 0 Å². The molecule has 0 bridgehead atoms. The first-order chi connectivity index (χ1) is 5.29. The molecule has 2 rings (SSSR count). The van der Waals surface area contributed by atoms with E-state index >= 15 is 0 Å². The van der Waals surface area contributed by atoms with Gasteiger partial charge in [-0.1, -0.05) is 0 Å². The summed E-state index contributed by atoms with van der Waals surface area (Å²) in [5, 5.41) is 12.3. The van der Waals surface area contributed by atoms with Gasteiger partial charge in [0.05, 0.1) is 0 Å². The van der Waals surface area contributed by atoms with Crippen LogP contribution in [-0.2, 0) is 9.53 Å². The molecule has 3 nitrogen and oxygen atoms in total. The van der Waals surface area contributed by atoms with Gasteiger partial charge in [0.1, 0.15) is 6.10 Å². The maximum atomic E-state index is 10.3. The SMILES string of the molecule is O=C(O)[C@@H]1O[C@H]1c1ccsc1. The first-order valence-corrected chi connectivity index (χ1v) is 4.13. The van der Waals surface area contributed by atoms with Crippen LogP contribution in [0.2, 0.25) is 0 Å². The molecule has 1 aromatic rings. The van der Waals surface area contributed by atoms with Gasteiger partial charge >= 0.3 is 5.97 Å². The highest BCUT2D eigenvalue weighted by Crippen LogP contribution is 2.39. The average molecular weight is 170 g/mol. The van der Waals surface area contributed by atoms with Crippen LogP contribution in [0.5, 0.6) is 0 Å². The van der Waals surface area contributed by atoms with Crippen molar-refractivity contribution in [1.29, 1.82) is 0 Å². The average Bonchev–Trinajstić information content (AvgIpc) is 2.60. The maximum Gasteiger partial charge on any atom is 0.335 e. The molecule has 11 heavy (non-hydrogen) atoms. The summed E-state index contributed by atoms with van der Waals surface area (Å²) in [5.74, 6) is -0.874. The van der Waals surface area contributed by atoms with Gasteiger partial charge in [-0.15, -0.1) is 0 Å². The monoisotopic (exact) mass is 170 g/mol. The van der Waals surface area contributed by atoms with E-state index in [4.69, 9.17) is 9.84 Å². The van der Waals surface area contributed by atoms with E-state index in [0.717, 1.165) is 5.56 Å². The summed E-state index contributed by atoms with van der Waals surface area (Å²) in [6.45, 7) is 0. The highest BCUT2D eigenvalue weighted by atomic mass is 32.1. The molecule has 0 amide bonds. The van der Waals surface area contributed by atoms with Crippen LogP contribution in [0.15, 0.2) is 16.8 Å². The van der Waals surface area contributed by atoms with E-state index < -0.39 is 12.1 Å². The molecule has 0 unspecified atom stereocenters. The van der Waals surface area contributed by atoms with Gasteiger partial charge in [-0.05, 0) is 22.4 Å². The van der Waals surface area contributed by atoms with Gasteiger partial charge in [0.15, 0.2) is 6.10 Å². The largest absolute Gasteiger partial charge is 0.479 e. The van der Waals surface area contributed by atoms with Crippen LogP contribution in [0, 0.1) is 0 Å². The van der Waals surface area contributed by atoms with Crippen molar-refractivity contribution in [2.45, 2.75) is 12.2 Å². The Labute approximate surface area is 67.2 Å². The fourth-order valence-electron chi connectivity index (χ4n) is 0.991. The number of hydrogen-bond acceptors (Lipinski definition) is 3. The number of carboxylic acids is 1. The Morgan fingerprint density at radius 3 is 3.00 bits per heavy atom. The molecule has 1 fully saturated rings. The second-order valence-electron chi connectivity index (χ2n) is 2.37. The molecule has 0 aromatic carbocycles. The third-order valence-electron chi connectivity index (χ3n) is 1.61. The third kappa shape index (κ3) is 1.15. The van der Waals surface area contributed by atoms with Crippen molar-refractivity contribution in [3.05, 3.63) is 22.4 Å². The van der Waals surface area contributed by atoms with Crippen LogP contribution in [0.3, 0.4) is 0 Å². The Kier molecular flexibility index (Phi) is 1.44. The Morgan fingerprint density at radius 1 is 1.73 bits per heavy atom. The van der Waals surface area contributed by atoms with Crippen molar-refractivity contribution in [2.75, 3.05) is 0 Å². The van der Waals surface area contributed by atoms with Crippen LogP contribution >= 0.6 is 11.3 Å². The molecule has 0 aliphatic carbocycles. The predicted octanol–water partition coefficient (Wildman–Crippen LogP) is 1.27. The summed E-state index contributed by atoms with van der Waals surface area (Å²) in [5.41, 5.74) is 0.974. The lowest BCUT2D eigenvalue weighted by Gasteiger charge is -1.83. The summed E-state index contributed by atoms with van der Waals surface area (Å²) in [7, 11) is 0. The molecule has 0 saturated carbocycles. The van der Waals surface area contributed by atoms with Crippen LogP contribution in [-0.4, -0.2) is 17.2 Å². The summed E-state index contributed by atoms with van der Waals surface area (Å²) in [6, 6.07) is 1.89. The number of hydrogen-bond donors (Lipinski definition) is 1. The van der Waals surface area contributed by atoms with E-state index in [2.05, 4.69) is 0 Å². The number of ether oxygens (including phenoxy) is 1. The number of epoxide rings is 1. The lowest BCUT2D eigenvalue weighted by molar-refractivity contribution is -0.138. The van der Waals surface area contributed by atoms with E-state index in [1.54, 1.807) is 11.3 Å². The molecule has 1 aliphatic rings. The quantitative estimate of drug-likeness (QED) is 0.680. The third-order valence-corrected chi connectivity index (χ3v) is 2.31. The molecule has 2 atom stereocenters. The van der Waals surface area contributed by atoms with Crippen LogP contribution in [0.4, 0.5) is 0 Å². The Bertz CT molecular complexity index is 267. The molecule has 1 aliphatic heterocycles. The lowest BCUT2D eigenvalue weighted by atomic mass is 10.2. The van der Waals surface area contributed by atoms with Crippen LogP contribution < -0.4 is 0 Å². The zero-order valence-electron chi connectivity index (χ0n) is 5.56. The van der Waals surface area contributed by atoms with Crippen molar-refractivity contribution in [1.82, 2.24) is 0 Å². The van der Waals surface area contributed by atoms with Gasteiger partial charge in [0.2, 0.25) is 0 Å². The zero-order valence-corrected chi connectivity index (χ0v) is 6.38. The van der Waals surface area contributed by atoms with Crippen molar-refractivity contribution >= 4 is 17.3 Å². The second kappa shape index (κ2) is 2.32. The van der Waals surface area contributed by atoms with Crippen LogP contribution in [0.1, 0.15) is 11.7 Å². The number of aliphatic carboxylic acids is 1. The normalized spacial score (nSPS) is 28.4. The molecule has 4 heteroatoms. The summed E-state index contributed by atoms with van der Waals surface area (Å²) in [6.07, 6.45) is -0.802. The fourth-order valence-corrected chi connectivity index (χ4v) is 1.67. The minimum absolute atomic E-state index is 0.196. The van der Waals surface area contributed by atoms with Gasteiger partial charge in [-0.3, -0.25) is 0 Å². The predicted molar refractivity (Wildman–Crippen MR) is 39.6 cm³/mol. The minimum Gasteiger partial charge on any atom is -0.479 e. The fraction of sp³-hybridized carbons (Fsp3) is 0.286. The summed E-state index contributed by atoms with van der Waals surface area (Å²) < 4.78 is 4.93. The second-order valence-corrected chi connectivity index (χ2v) is 3.15. The van der Waals surface area contributed by atoms with E-state index in [1.165, 1.54) is 0 Å². The van der Waals surface area contributed by atoms with Crippen LogP contribution in [0.25, 0.3) is 0 Å². The molecule has 1 saturated heterocycles. The molecular weight excluding hydrogens is 164 g/mol. The maximum absolute atomic E-state index is 10.3. The molecule has 2 heterocycles. The smallest absolute Gasteiger partial charge is 0.335 e. The number of rotatable bonds is 2. The van der Waals surface area contributed by atoms with Gasteiger partial charge in [0.25, 0.3) is 0 Å². The molecule has 1 N–H and O–H groups in total. The van der Waals surface area contributed by atoms with E-state index in [0.29, 0.717) is 0 Å². The highest BCUT2D eigenvalue weighted by Gasteiger charge is 2.46. The Morgan fingerprint density at radius 2 is 2.55 bits per heavy atom. The van der Waals surface area contributed by atoms with Crippen molar-refractivity contribution in [2.24, 2.45) is 0 Å². The molecule has 1 aromatic heterocycles. The van der Waals surface area contributed by atoms with Gasteiger partial charge in [0, 0.05) is 0 Å².